The van der Waals surface area contributed by atoms with Crippen LogP contribution in [-0.2, 0) is 6.42 Å². The van der Waals surface area contributed by atoms with Crippen molar-refractivity contribution in [3.63, 3.8) is 0 Å². The lowest BCUT2D eigenvalue weighted by molar-refractivity contribution is 0.194. The minimum absolute atomic E-state index is 0.323. The van der Waals surface area contributed by atoms with Crippen molar-refractivity contribution in [3.05, 3.63) is 53.7 Å². The van der Waals surface area contributed by atoms with Gasteiger partial charge in [-0.2, -0.15) is 0 Å². The van der Waals surface area contributed by atoms with Gasteiger partial charge in [-0.15, -0.1) is 0 Å². The average molecular weight is 258 g/mol. The van der Waals surface area contributed by atoms with Crippen molar-refractivity contribution in [1.82, 2.24) is 10.3 Å². The molecule has 19 heavy (non-hydrogen) atoms. The lowest BCUT2D eigenvalue weighted by Gasteiger charge is -1.95. The topological polar surface area (TPSA) is 75.4 Å². The van der Waals surface area contributed by atoms with Crippen LogP contribution in [0, 0.1) is 0 Å². The van der Waals surface area contributed by atoms with Crippen LogP contribution in [0.5, 0.6) is 0 Å². The number of carbonyl (C=O) groups is 1. The van der Waals surface area contributed by atoms with Gasteiger partial charge in [-0.25, -0.2) is 9.78 Å². The Morgan fingerprint density at radius 2 is 2.11 bits per heavy atom. The molecule has 0 aliphatic heterocycles. The van der Waals surface area contributed by atoms with Gasteiger partial charge in [-0.05, 0) is 11.6 Å². The number of benzene rings is 1. The fourth-order valence-electron chi connectivity index (χ4n) is 1.54. The Hall–Kier alpha value is -2.56. The monoisotopic (exact) mass is 258 g/mol. The van der Waals surface area contributed by atoms with Crippen molar-refractivity contribution in [2.45, 2.75) is 6.42 Å². The average Bonchev–Trinajstić information content (AvgIpc) is 2.85. The predicted octanol–water partition coefficient (Wildman–Crippen LogP) is 2.66. The molecule has 0 unspecified atom stereocenters. The summed E-state index contributed by atoms with van der Waals surface area (Å²) in [5.41, 5.74) is 1.79. The zero-order valence-corrected chi connectivity index (χ0v) is 10.2. The summed E-state index contributed by atoms with van der Waals surface area (Å²) in [7, 11) is 0. The third kappa shape index (κ3) is 4.31. The van der Waals surface area contributed by atoms with E-state index in [0.29, 0.717) is 18.9 Å². The Morgan fingerprint density at radius 1 is 1.32 bits per heavy atom. The third-order valence-corrected chi connectivity index (χ3v) is 2.44. The highest BCUT2D eigenvalue weighted by Gasteiger charge is 2.02. The summed E-state index contributed by atoms with van der Waals surface area (Å²) in [5, 5.41) is 10.7. The number of aromatic nitrogens is 1. The largest absolute Gasteiger partial charge is 0.465 e. The Morgan fingerprint density at radius 3 is 2.84 bits per heavy atom. The van der Waals surface area contributed by atoms with Gasteiger partial charge in [0, 0.05) is 19.0 Å². The molecule has 5 heteroatoms. The lowest BCUT2D eigenvalue weighted by Crippen LogP contribution is -2.23. The van der Waals surface area contributed by atoms with Crippen LogP contribution in [-0.4, -0.2) is 22.7 Å². The molecule has 1 amide bonds. The van der Waals surface area contributed by atoms with Crippen LogP contribution in [0.25, 0.3) is 12.2 Å². The van der Waals surface area contributed by atoms with E-state index in [1.165, 1.54) is 6.26 Å². The van der Waals surface area contributed by atoms with Gasteiger partial charge >= 0.3 is 6.09 Å². The molecule has 0 radical (unpaired) electrons. The van der Waals surface area contributed by atoms with E-state index in [1.54, 1.807) is 6.08 Å². The first-order valence-electron chi connectivity index (χ1n) is 5.88. The van der Waals surface area contributed by atoms with E-state index in [-0.39, 0.29) is 0 Å². The van der Waals surface area contributed by atoms with Crippen LogP contribution in [0.3, 0.4) is 0 Å². The molecule has 0 aliphatic carbocycles. The zero-order chi connectivity index (χ0) is 13.5. The van der Waals surface area contributed by atoms with Crippen molar-refractivity contribution >= 4 is 18.2 Å². The minimum atomic E-state index is -1.03. The van der Waals surface area contributed by atoms with Crippen LogP contribution < -0.4 is 5.32 Å². The Balaban J connectivity index is 1.90. The number of oxazole rings is 1. The molecular formula is C14H14N2O3. The Labute approximate surface area is 110 Å². The summed E-state index contributed by atoms with van der Waals surface area (Å²) in [6, 6.07) is 9.83. The highest BCUT2D eigenvalue weighted by molar-refractivity contribution is 5.66. The second-order valence-corrected chi connectivity index (χ2v) is 3.90. The second-order valence-electron chi connectivity index (χ2n) is 3.90. The van der Waals surface area contributed by atoms with Crippen LogP contribution >= 0.6 is 0 Å². The molecular weight excluding hydrogens is 244 g/mol. The minimum Gasteiger partial charge on any atom is -0.465 e. The normalized spacial score (nSPS) is 10.7. The summed E-state index contributed by atoms with van der Waals surface area (Å²) < 4.78 is 5.27. The Bertz CT molecular complexity index is 561. The molecule has 98 valence electrons. The summed E-state index contributed by atoms with van der Waals surface area (Å²) in [6.07, 6.45) is 4.70. The van der Waals surface area contributed by atoms with Crippen molar-refractivity contribution in [2.24, 2.45) is 0 Å². The summed E-state index contributed by atoms with van der Waals surface area (Å²) in [6.45, 7) is 0.323. The van der Waals surface area contributed by atoms with Gasteiger partial charge < -0.3 is 14.8 Å². The molecule has 2 rings (SSSR count). The molecule has 2 N–H and O–H groups in total. The van der Waals surface area contributed by atoms with Gasteiger partial charge in [0.25, 0.3) is 0 Å². The van der Waals surface area contributed by atoms with E-state index >= 15 is 0 Å². The van der Waals surface area contributed by atoms with E-state index in [2.05, 4.69) is 10.3 Å². The van der Waals surface area contributed by atoms with Crippen LogP contribution in [0.1, 0.15) is 17.1 Å². The molecule has 0 aliphatic rings. The molecule has 0 saturated carbocycles. The number of hydrogen-bond acceptors (Lipinski definition) is 3. The summed E-state index contributed by atoms with van der Waals surface area (Å²) in [4.78, 5) is 14.5. The highest BCUT2D eigenvalue weighted by atomic mass is 16.4. The first-order valence-corrected chi connectivity index (χ1v) is 5.88. The first kappa shape index (κ1) is 12.9. The van der Waals surface area contributed by atoms with Gasteiger partial charge in [-0.1, -0.05) is 30.3 Å². The Kier molecular flexibility index (Phi) is 4.34. The molecule has 0 bridgehead atoms. The van der Waals surface area contributed by atoms with Gasteiger partial charge in [0.05, 0.1) is 5.69 Å². The van der Waals surface area contributed by atoms with Gasteiger partial charge in [0.15, 0.2) is 0 Å². The fourth-order valence-corrected chi connectivity index (χ4v) is 1.54. The fraction of sp³-hybridized carbons (Fsp3) is 0.143. The molecule has 5 nitrogen and oxygen atoms in total. The number of amides is 1. The molecule has 2 aromatic rings. The molecule has 1 aromatic heterocycles. The van der Waals surface area contributed by atoms with Gasteiger partial charge in [-0.3, -0.25) is 0 Å². The summed E-state index contributed by atoms with van der Waals surface area (Å²) in [5.74, 6) is 0.508. The number of carboxylic acid groups (broad SMARTS) is 1. The molecule has 0 spiro atoms. The van der Waals surface area contributed by atoms with Crippen molar-refractivity contribution < 1.29 is 14.3 Å². The third-order valence-electron chi connectivity index (χ3n) is 2.44. The van der Waals surface area contributed by atoms with Gasteiger partial charge in [0.2, 0.25) is 5.89 Å². The van der Waals surface area contributed by atoms with Crippen LogP contribution in [0.2, 0.25) is 0 Å². The van der Waals surface area contributed by atoms with E-state index in [9.17, 15) is 4.79 Å². The molecule has 1 heterocycles. The van der Waals surface area contributed by atoms with E-state index in [4.69, 9.17) is 9.52 Å². The van der Waals surface area contributed by atoms with Crippen molar-refractivity contribution in [1.29, 1.82) is 0 Å². The van der Waals surface area contributed by atoms with Crippen LogP contribution in [0.15, 0.2) is 41.0 Å². The highest BCUT2D eigenvalue weighted by Crippen LogP contribution is 2.08. The number of nitrogens with zero attached hydrogens (tertiary/aromatic N) is 1. The van der Waals surface area contributed by atoms with Crippen LogP contribution in [0.4, 0.5) is 4.79 Å². The zero-order valence-electron chi connectivity index (χ0n) is 10.2. The number of nitrogens with one attached hydrogen (secondary N) is 1. The maximum atomic E-state index is 10.3. The number of rotatable bonds is 5. The lowest BCUT2D eigenvalue weighted by atomic mass is 10.2. The van der Waals surface area contributed by atoms with Gasteiger partial charge in [0.1, 0.15) is 6.26 Å². The van der Waals surface area contributed by atoms with E-state index in [0.717, 1.165) is 11.3 Å². The quantitative estimate of drug-likeness (QED) is 0.864. The summed E-state index contributed by atoms with van der Waals surface area (Å²) >= 11 is 0. The molecule has 0 saturated heterocycles. The van der Waals surface area contributed by atoms with E-state index in [1.807, 2.05) is 36.4 Å². The molecule has 1 aromatic carbocycles. The maximum Gasteiger partial charge on any atom is 0.404 e. The SMILES string of the molecule is O=C(O)NCCc1coc(/C=C/c2ccccc2)n1. The second kappa shape index (κ2) is 6.39. The maximum absolute atomic E-state index is 10.3. The smallest absolute Gasteiger partial charge is 0.404 e. The van der Waals surface area contributed by atoms with Crippen molar-refractivity contribution in [2.75, 3.05) is 6.54 Å². The molecule has 0 fully saturated rings. The first-order chi connectivity index (χ1) is 9.24. The van der Waals surface area contributed by atoms with Crippen molar-refractivity contribution in [3.8, 4) is 0 Å². The molecule has 0 atom stereocenters. The standard InChI is InChI=1S/C14H14N2O3/c17-14(18)15-9-8-12-10-19-13(16-12)7-6-11-4-2-1-3-5-11/h1-7,10,15H,8-9H2,(H,17,18)/b7-6+. The van der Waals surface area contributed by atoms with E-state index < -0.39 is 6.09 Å². The number of hydrogen-bond donors (Lipinski definition) is 2. The predicted molar refractivity (Wildman–Crippen MR) is 71.6 cm³/mol.